The van der Waals surface area contributed by atoms with Crippen LogP contribution in [0.25, 0.3) is 0 Å². The smallest absolute Gasteiger partial charge is 0.150 e. The van der Waals surface area contributed by atoms with Gasteiger partial charge in [0.15, 0.2) is 6.29 Å². The summed E-state index contributed by atoms with van der Waals surface area (Å²) in [6.07, 6.45) is 0.941. The quantitative estimate of drug-likeness (QED) is 0.609. The van der Waals surface area contributed by atoms with E-state index in [0.717, 1.165) is 17.2 Å². The maximum absolute atomic E-state index is 11.0. The fraction of sp³-hybridized carbons (Fsp3) is 0.188. The van der Waals surface area contributed by atoms with Gasteiger partial charge in [0.1, 0.15) is 0 Å². The van der Waals surface area contributed by atoms with Gasteiger partial charge in [0.05, 0.1) is 0 Å². The first-order chi connectivity index (χ1) is 8.61. The average Bonchev–Trinajstić information content (AvgIpc) is 2.36. The molecule has 18 heavy (non-hydrogen) atoms. The molecule has 2 aromatic carbocycles. The van der Waals surface area contributed by atoms with Crippen molar-refractivity contribution in [2.75, 3.05) is 0 Å². The molecule has 0 saturated heterocycles. The molecule has 1 nitrogen and oxygen atoms in total. The van der Waals surface area contributed by atoms with Crippen LogP contribution in [0.2, 0.25) is 0 Å². The van der Waals surface area contributed by atoms with Crippen molar-refractivity contribution in [2.45, 2.75) is 20.8 Å². The predicted molar refractivity (Wildman–Crippen MR) is 80.1 cm³/mol. The number of benzene rings is 2. The molecule has 0 N–H and O–H groups in total. The van der Waals surface area contributed by atoms with E-state index in [0.29, 0.717) is 8.58 Å². The zero-order valence-electron chi connectivity index (χ0n) is 10.9. The Kier molecular flexibility index (Phi) is 3.93. The summed E-state index contributed by atoms with van der Waals surface area (Å²) in [6, 6.07) is 12.3. The Morgan fingerprint density at radius 2 is 1.61 bits per heavy atom. The third kappa shape index (κ3) is 2.68. The highest BCUT2D eigenvalue weighted by molar-refractivity contribution is 7.55. The van der Waals surface area contributed by atoms with E-state index in [1.165, 1.54) is 22.0 Å². The number of hydrogen-bond acceptors (Lipinski definition) is 1. The van der Waals surface area contributed by atoms with Gasteiger partial charge in [0.25, 0.3) is 0 Å². The first-order valence-electron chi connectivity index (χ1n) is 6.01. The van der Waals surface area contributed by atoms with E-state index in [1.807, 2.05) is 24.3 Å². The van der Waals surface area contributed by atoms with Crippen LogP contribution >= 0.6 is 8.58 Å². The minimum atomic E-state index is 0.540. The van der Waals surface area contributed by atoms with Gasteiger partial charge in [-0.05, 0) is 48.1 Å². The summed E-state index contributed by atoms with van der Waals surface area (Å²) in [7, 11) is 0.540. The van der Waals surface area contributed by atoms with Gasteiger partial charge in [0, 0.05) is 5.56 Å². The van der Waals surface area contributed by atoms with Gasteiger partial charge in [-0.3, -0.25) is 4.79 Å². The first-order valence-corrected chi connectivity index (χ1v) is 7.01. The lowest BCUT2D eigenvalue weighted by Crippen LogP contribution is -2.09. The van der Waals surface area contributed by atoms with E-state index in [4.69, 9.17) is 0 Å². The molecular formula is C16H17OP. The fourth-order valence-corrected chi connectivity index (χ4v) is 3.33. The summed E-state index contributed by atoms with van der Waals surface area (Å²) in [5.41, 5.74) is 4.79. The molecule has 1 atom stereocenters. The largest absolute Gasteiger partial charge is 0.298 e. The summed E-state index contributed by atoms with van der Waals surface area (Å²) < 4.78 is 0. The number of carbonyl (C=O) groups is 1. The van der Waals surface area contributed by atoms with Crippen LogP contribution in [0.4, 0.5) is 0 Å². The van der Waals surface area contributed by atoms with Crippen molar-refractivity contribution in [1.29, 1.82) is 0 Å². The van der Waals surface area contributed by atoms with E-state index in [-0.39, 0.29) is 0 Å². The monoisotopic (exact) mass is 256 g/mol. The lowest BCUT2D eigenvalue weighted by molar-refractivity contribution is 0.112. The Hall–Kier alpha value is -1.46. The molecule has 0 heterocycles. The number of aryl methyl sites for hydroxylation is 2. The minimum absolute atomic E-state index is 0.540. The second-order valence-electron chi connectivity index (χ2n) is 4.57. The second-order valence-corrected chi connectivity index (χ2v) is 5.93. The van der Waals surface area contributed by atoms with Crippen molar-refractivity contribution < 1.29 is 4.79 Å². The summed E-state index contributed by atoms with van der Waals surface area (Å²) in [4.78, 5) is 11.0. The lowest BCUT2D eigenvalue weighted by Gasteiger charge is -2.10. The number of carbonyl (C=O) groups excluding carboxylic acids is 1. The third-order valence-electron chi connectivity index (χ3n) is 3.29. The van der Waals surface area contributed by atoms with Crippen molar-refractivity contribution in [2.24, 2.45) is 0 Å². The molecular weight excluding hydrogens is 239 g/mol. The van der Waals surface area contributed by atoms with Gasteiger partial charge < -0.3 is 0 Å². The Balaban J connectivity index is 2.37. The molecule has 0 aliphatic rings. The van der Waals surface area contributed by atoms with Crippen LogP contribution in [0.3, 0.4) is 0 Å². The van der Waals surface area contributed by atoms with E-state index < -0.39 is 0 Å². The van der Waals surface area contributed by atoms with Gasteiger partial charge in [0.2, 0.25) is 0 Å². The van der Waals surface area contributed by atoms with Gasteiger partial charge in [-0.1, -0.05) is 45.0 Å². The van der Waals surface area contributed by atoms with Crippen LogP contribution in [0.1, 0.15) is 27.0 Å². The van der Waals surface area contributed by atoms with Crippen LogP contribution < -0.4 is 10.6 Å². The summed E-state index contributed by atoms with van der Waals surface area (Å²) in [6.45, 7) is 6.43. The van der Waals surface area contributed by atoms with Crippen molar-refractivity contribution in [3.63, 3.8) is 0 Å². The Bertz CT molecular complexity index is 564. The molecule has 0 radical (unpaired) electrons. The second kappa shape index (κ2) is 5.46. The van der Waals surface area contributed by atoms with Gasteiger partial charge in [-0.15, -0.1) is 0 Å². The molecule has 0 amide bonds. The molecule has 0 spiro atoms. The molecule has 92 valence electrons. The number of rotatable bonds is 3. The van der Waals surface area contributed by atoms with Crippen molar-refractivity contribution >= 4 is 25.5 Å². The Morgan fingerprint density at radius 3 is 2.22 bits per heavy atom. The van der Waals surface area contributed by atoms with Crippen LogP contribution in [0.5, 0.6) is 0 Å². The highest BCUT2D eigenvalue weighted by Gasteiger charge is 2.05. The standard InChI is InChI=1S/C16H17OP/c1-11-8-15(9-12(2)13(11)3)18-16-7-5-4-6-14(16)10-17/h4-10,18H,1-3H3. The molecule has 0 aromatic heterocycles. The van der Waals surface area contributed by atoms with Gasteiger partial charge in [-0.25, -0.2) is 0 Å². The fourth-order valence-electron chi connectivity index (χ4n) is 1.98. The first kappa shape index (κ1) is 13.0. The minimum Gasteiger partial charge on any atom is -0.298 e. The van der Waals surface area contributed by atoms with E-state index >= 15 is 0 Å². The summed E-state index contributed by atoms with van der Waals surface area (Å²) in [5.74, 6) is 0. The molecule has 0 fully saturated rings. The SMILES string of the molecule is Cc1cc(Pc2ccccc2C=O)cc(C)c1C. The summed E-state index contributed by atoms with van der Waals surface area (Å²) in [5, 5.41) is 2.42. The Labute approximate surface area is 110 Å². The molecule has 0 aliphatic heterocycles. The van der Waals surface area contributed by atoms with Gasteiger partial charge in [-0.2, -0.15) is 0 Å². The van der Waals surface area contributed by atoms with Crippen molar-refractivity contribution in [3.05, 3.63) is 58.7 Å². The molecule has 0 aliphatic carbocycles. The normalized spacial score (nSPS) is 11.1. The molecule has 2 heteroatoms. The van der Waals surface area contributed by atoms with Crippen molar-refractivity contribution in [3.8, 4) is 0 Å². The van der Waals surface area contributed by atoms with Crippen LogP contribution in [0, 0.1) is 20.8 Å². The van der Waals surface area contributed by atoms with E-state index in [9.17, 15) is 4.79 Å². The number of aldehydes is 1. The molecule has 0 saturated carbocycles. The summed E-state index contributed by atoms with van der Waals surface area (Å²) >= 11 is 0. The highest BCUT2D eigenvalue weighted by Crippen LogP contribution is 2.18. The average molecular weight is 256 g/mol. The zero-order chi connectivity index (χ0) is 13.1. The zero-order valence-corrected chi connectivity index (χ0v) is 11.9. The predicted octanol–water partition coefficient (Wildman–Crippen LogP) is 3.05. The van der Waals surface area contributed by atoms with Crippen LogP contribution in [-0.2, 0) is 0 Å². The molecule has 2 aromatic rings. The van der Waals surface area contributed by atoms with Gasteiger partial charge >= 0.3 is 0 Å². The molecule has 1 unspecified atom stereocenters. The third-order valence-corrected chi connectivity index (χ3v) is 4.60. The maximum Gasteiger partial charge on any atom is 0.150 e. The van der Waals surface area contributed by atoms with E-state index in [2.05, 4.69) is 32.9 Å². The highest BCUT2D eigenvalue weighted by atomic mass is 31.1. The lowest BCUT2D eigenvalue weighted by atomic mass is 10.1. The van der Waals surface area contributed by atoms with Crippen molar-refractivity contribution in [1.82, 2.24) is 0 Å². The Morgan fingerprint density at radius 1 is 1.00 bits per heavy atom. The molecule has 2 rings (SSSR count). The van der Waals surface area contributed by atoms with Crippen LogP contribution in [0.15, 0.2) is 36.4 Å². The number of hydrogen-bond donors (Lipinski definition) is 0. The molecule has 0 bridgehead atoms. The van der Waals surface area contributed by atoms with Crippen LogP contribution in [-0.4, -0.2) is 6.29 Å². The maximum atomic E-state index is 11.0. The van der Waals surface area contributed by atoms with E-state index in [1.54, 1.807) is 0 Å². The topological polar surface area (TPSA) is 17.1 Å².